The first-order chi connectivity index (χ1) is 18.9. The number of hydrogen-bond donors (Lipinski definition) is 0. The summed E-state index contributed by atoms with van der Waals surface area (Å²) in [5, 5.41) is 24.3. The van der Waals surface area contributed by atoms with E-state index in [4.69, 9.17) is 0 Å². The van der Waals surface area contributed by atoms with E-state index < -0.39 is 56.8 Å². The van der Waals surface area contributed by atoms with Gasteiger partial charge in [-0.1, -0.05) is 25.7 Å². The molecule has 5 rings (SSSR count). The summed E-state index contributed by atoms with van der Waals surface area (Å²) in [7, 11) is -8.42. The number of benzene rings is 2. The number of nitrogens with zero attached hydrogens (tertiary/aromatic N) is 4. The lowest BCUT2D eigenvalue weighted by Crippen LogP contribution is -2.32. The van der Waals surface area contributed by atoms with Crippen LogP contribution >= 0.6 is 0 Å². The van der Waals surface area contributed by atoms with Crippen LogP contribution in [0.2, 0.25) is 0 Å². The second-order valence-electron chi connectivity index (χ2n) is 10.2. The molecule has 0 bridgehead atoms. The Kier molecular flexibility index (Phi) is 7.50. The van der Waals surface area contributed by atoms with Crippen LogP contribution in [-0.4, -0.2) is 67.3 Å². The van der Waals surface area contributed by atoms with E-state index in [1.807, 2.05) is 0 Å². The summed E-state index contributed by atoms with van der Waals surface area (Å²) in [6.07, 6.45) is 5.86. The smallest absolute Gasteiger partial charge is 0.279 e. The van der Waals surface area contributed by atoms with Gasteiger partial charge in [0.05, 0.1) is 30.8 Å². The van der Waals surface area contributed by atoms with Crippen molar-refractivity contribution in [3.8, 4) is 11.1 Å². The molecule has 2 heterocycles. The molecule has 0 amide bonds. The van der Waals surface area contributed by atoms with Crippen molar-refractivity contribution >= 4 is 37.2 Å². The Morgan fingerprint density at radius 2 is 0.900 bits per heavy atom. The Bertz CT molecular complexity index is 1500. The Balaban J connectivity index is 1.69. The van der Waals surface area contributed by atoms with Gasteiger partial charge < -0.3 is 0 Å². The Hall–Kier alpha value is -3.27. The number of nitro groups is 2. The summed E-state index contributed by atoms with van der Waals surface area (Å²) >= 11 is 0. The molecule has 0 atom stereocenters. The van der Waals surface area contributed by atoms with E-state index in [1.165, 1.54) is 8.61 Å². The Labute approximate surface area is 231 Å². The first-order valence-electron chi connectivity index (χ1n) is 13.1. The second kappa shape index (κ2) is 10.6. The van der Waals surface area contributed by atoms with Gasteiger partial charge in [-0.05, 0) is 37.8 Å². The summed E-state index contributed by atoms with van der Waals surface area (Å²) in [6, 6.07) is 3.68. The zero-order valence-electron chi connectivity index (χ0n) is 21.6. The number of carbonyl (C=O) groups excluding carboxylic acids is 1. The van der Waals surface area contributed by atoms with Crippen LogP contribution in [0.4, 0.5) is 11.4 Å². The van der Waals surface area contributed by atoms with E-state index in [0.29, 0.717) is 25.7 Å². The van der Waals surface area contributed by atoms with E-state index in [2.05, 4.69) is 0 Å². The van der Waals surface area contributed by atoms with Crippen LogP contribution in [-0.2, 0) is 20.0 Å². The fraction of sp³-hybridized carbons (Fsp3) is 0.480. The topological polar surface area (TPSA) is 178 Å². The van der Waals surface area contributed by atoms with E-state index in [1.54, 1.807) is 0 Å². The summed E-state index contributed by atoms with van der Waals surface area (Å²) in [5.41, 5.74) is -3.08. The zero-order valence-corrected chi connectivity index (χ0v) is 23.2. The number of hydrogen-bond acceptors (Lipinski definition) is 9. The molecule has 2 aromatic carbocycles. The molecule has 2 aliphatic heterocycles. The summed E-state index contributed by atoms with van der Waals surface area (Å²) in [5.74, 6) is -0.906. The standard InChI is InChI=1S/C25H28N4O9S2/c30-25-19-13-17(39(35,36)26-9-5-1-2-6-10-26)15-21(28(31)32)23(19)24-20(25)14-18(16-22(24)29(33)34)40(37,38)27-11-7-3-4-8-12-27/h13-16H,1-12H2. The minimum Gasteiger partial charge on any atom is -0.289 e. The number of ketones is 1. The molecular weight excluding hydrogens is 564 g/mol. The van der Waals surface area contributed by atoms with Crippen LogP contribution in [0, 0.1) is 20.2 Å². The average Bonchev–Trinajstić information content (AvgIpc) is 3.23. The monoisotopic (exact) mass is 592 g/mol. The minimum absolute atomic E-state index is 0.227. The van der Waals surface area contributed by atoms with Crippen molar-refractivity contribution in [3.05, 3.63) is 55.6 Å². The lowest BCUT2D eigenvalue weighted by molar-refractivity contribution is -0.386. The molecule has 2 fully saturated rings. The van der Waals surface area contributed by atoms with Gasteiger partial charge in [-0.25, -0.2) is 16.8 Å². The van der Waals surface area contributed by atoms with Gasteiger partial charge in [0.25, 0.3) is 11.4 Å². The largest absolute Gasteiger partial charge is 0.289 e. The molecule has 1 aliphatic carbocycles. The van der Waals surface area contributed by atoms with Crippen molar-refractivity contribution in [2.75, 3.05) is 26.2 Å². The maximum absolute atomic E-state index is 13.6. The first-order valence-corrected chi connectivity index (χ1v) is 16.0. The molecule has 15 heteroatoms. The van der Waals surface area contributed by atoms with E-state index in [-0.39, 0.29) is 48.4 Å². The van der Waals surface area contributed by atoms with Crippen molar-refractivity contribution in [3.63, 3.8) is 0 Å². The van der Waals surface area contributed by atoms with E-state index in [0.717, 1.165) is 49.9 Å². The van der Waals surface area contributed by atoms with Crippen LogP contribution < -0.4 is 0 Å². The van der Waals surface area contributed by atoms with Crippen molar-refractivity contribution in [2.45, 2.75) is 61.2 Å². The molecule has 0 unspecified atom stereocenters. The number of carbonyl (C=O) groups is 1. The lowest BCUT2D eigenvalue weighted by atomic mass is 10.0. The zero-order chi connectivity index (χ0) is 28.8. The first kappa shape index (κ1) is 28.3. The van der Waals surface area contributed by atoms with Gasteiger partial charge in [0.1, 0.15) is 0 Å². The number of fused-ring (bicyclic) bond motifs is 3. The predicted molar refractivity (Wildman–Crippen MR) is 143 cm³/mol. The highest BCUT2D eigenvalue weighted by Gasteiger charge is 2.43. The van der Waals surface area contributed by atoms with Crippen LogP contribution in [0.3, 0.4) is 0 Å². The van der Waals surface area contributed by atoms with Crippen molar-refractivity contribution in [2.24, 2.45) is 0 Å². The molecule has 13 nitrogen and oxygen atoms in total. The lowest BCUT2D eigenvalue weighted by Gasteiger charge is -2.20. The second-order valence-corrected chi connectivity index (χ2v) is 14.1. The van der Waals surface area contributed by atoms with Gasteiger partial charge >= 0.3 is 0 Å². The van der Waals surface area contributed by atoms with Gasteiger partial charge in [0.2, 0.25) is 20.0 Å². The molecule has 214 valence electrons. The van der Waals surface area contributed by atoms with E-state index in [9.17, 15) is 41.9 Å². The van der Waals surface area contributed by atoms with Gasteiger partial charge in [0, 0.05) is 49.4 Å². The number of sulfonamides is 2. The van der Waals surface area contributed by atoms with Crippen molar-refractivity contribution in [1.29, 1.82) is 0 Å². The average molecular weight is 593 g/mol. The van der Waals surface area contributed by atoms with Gasteiger partial charge in [-0.15, -0.1) is 0 Å². The van der Waals surface area contributed by atoms with Crippen molar-refractivity contribution in [1.82, 2.24) is 8.61 Å². The summed E-state index contributed by atoms with van der Waals surface area (Å²) in [4.78, 5) is 35.2. The fourth-order valence-electron chi connectivity index (χ4n) is 5.68. The summed E-state index contributed by atoms with van der Waals surface area (Å²) in [6.45, 7) is 0.907. The SMILES string of the molecule is O=C1c2cc(S(=O)(=O)N3CCCCCC3)cc([N+](=O)[O-])c2-c2c1cc(S(=O)(=O)N1CCCCCC1)cc2[N+](=O)[O-]. The Morgan fingerprint density at radius 1 is 0.575 bits per heavy atom. The third kappa shape index (κ3) is 4.80. The molecule has 0 N–H and O–H groups in total. The van der Waals surface area contributed by atoms with Crippen LogP contribution in [0.1, 0.15) is 67.3 Å². The normalized spacial score (nSPS) is 18.9. The third-order valence-corrected chi connectivity index (χ3v) is 11.5. The maximum atomic E-state index is 13.6. The van der Waals surface area contributed by atoms with Crippen LogP contribution in [0.25, 0.3) is 11.1 Å². The molecule has 2 aromatic rings. The number of rotatable bonds is 6. The molecule has 3 aliphatic rings. The quantitative estimate of drug-likeness (QED) is 0.304. The molecule has 0 saturated carbocycles. The molecule has 2 saturated heterocycles. The number of nitro benzene ring substituents is 2. The maximum Gasteiger partial charge on any atom is 0.279 e. The molecule has 40 heavy (non-hydrogen) atoms. The third-order valence-electron chi connectivity index (χ3n) is 7.72. The van der Waals surface area contributed by atoms with Crippen LogP contribution in [0.5, 0.6) is 0 Å². The Morgan fingerprint density at radius 3 is 1.20 bits per heavy atom. The van der Waals surface area contributed by atoms with E-state index >= 15 is 0 Å². The minimum atomic E-state index is -4.21. The molecule has 0 aromatic heterocycles. The van der Waals surface area contributed by atoms with Crippen LogP contribution in [0.15, 0.2) is 34.1 Å². The van der Waals surface area contributed by atoms with Gasteiger partial charge in [-0.2, -0.15) is 8.61 Å². The fourth-order valence-corrected chi connectivity index (χ4v) is 8.81. The highest BCUT2D eigenvalue weighted by molar-refractivity contribution is 7.89. The van der Waals surface area contributed by atoms with Gasteiger partial charge in [-0.3, -0.25) is 25.0 Å². The van der Waals surface area contributed by atoms with Gasteiger partial charge in [0.15, 0.2) is 5.78 Å². The predicted octanol–water partition coefficient (Wildman–Crippen LogP) is 3.84. The molecule has 0 spiro atoms. The highest BCUT2D eigenvalue weighted by Crippen LogP contribution is 2.49. The molecular formula is C25H28N4O9S2. The summed E-state index contributed by atoms with van der Waals surface area (Å²) < 4.78 is 56.3. The molecule has 0 radical (unpaired) electrons. The highest BCUT2D eigenvalue weighted by atomic mass is 32.2. The van der Waals surface area contributed by atoms with Crippen molar-refractivity contribution < 1.29 is 31.5 Å².